The molecule has 2 rings (SSSR count). The lowest BCUT2D eigenvalue weighted by atomic mass is 9.96. The fraction of sp³-hybridized carbons (Fsp3) is 0.625. The lowest BCUT2D eigenvalue weighted by Gasteiger charge is -2.34. The Balaban J connectivity index is 1.70. The third-order valence-electron chi connectivity index (χ3n) is 3.81. The van der Waals surface area contributed by atoms with Gasteiger partial charge in [0.05, 0.1) is 12.7 Å². The molecule has 2 atom stereocenters. The molecule has 4 heteroatoms. The molecule has 1 aliphatic rings. The van der Waals surface area contributed by atoms with Gasteiger partial charge in [-0.1, -0.05) is 6.92 Å². The van der Waals surface area contributed by atoms with Crippen LogP contribution in [0.5, 0.6) is 11.5 Å². The number of benzene rings is 1. The van der Waals surface area contributed by atoms with Crippen molar-refractivity contribution >= 4 is 0 Å². The summed E-state index contributed by atoms with van der Waals surface area (Å²) in [5.74, 6) is 2.14. The first kappa shape index (κ1) is 15.1. The van der Waals surface area contributed by atoms with Crippen LogP contribution in [0.4, 0.5) is 0 Å². The molecule has 4 nitrogen and oxygen atoms in total. The van der Waals surface area contributed by atoms with Crippen LogP contribution in [0.15, 0.2) is 24.3 Å². The summed E-state index contributed by atoms with van der Waals surface area (Å²) in [4.78, 5) is 2.26. The fourth-order valence-electron chi connectivity index (χ4n) is 2.41. The van der Waals surface area contributed by atoms with Crippen molar-refractivity contribution in [2.45, 2.75) is 26.4 Å². The molecule has 1 saturated heterocycles. The number of aliphatic hydroxyl groups is 1. The number of hydrogen-bond acceptors (Lipinski definition) is 4. The van der Waals surface area contributed by atoms with Gasteiger partial charge >= 0.3 is 0 Å². The van der Waals surface area contributed by atoms with Gasteiger partial charge in [-0.05, 0) is 50.1 Å². The standard InChI is InChI=1S/C16H25NO3/c1-3-19-14-4-6-15(7-5-14)20-11-10-17-9-8-13(2)16(18)12-17/h4-7,13,16,18H,3,8-12H2,1-2H3. The summed E-state index contributed by atoms with van der Waals surface area (Å²) in [5.41, 5.74) is 0. The monoisotopic (exact) mass is 279 g/mol. The van der Waals surface area contributed by atoms with E-state index in [1.165, 1.54) is 0 Å². The average Bonchev–Trinajstić information content (AvgIpc) is 2.45. The van der Waals surface area contributed by atoms with E-state index in [4.69, 9.17) is 9.47 Å². The molecule has 0 saturated carbocycles. The molecule has 20 heavy (non-hydrogen) atoms. The molecule has 1 aliphatic heterocycles. The number of likely N-dealkylation sites (tertiary alicyclic amines) is 1. The van der Waals surface area contributed by atoms with Crippen molar-refractivity contribution in [3.05, 3.63) is 24.3 Å². The van der Waals surface area contributed by atoms with Crippen LogP contribution in [0.1, 0.15) is 20.3 Å². The van der Waals surface area contributed by atoms with Crippen LogP contribution in [0, 0.1) is 5.92 Å². The SMILES string of the molecule is CCOc1ccc(OCCN2CCC(C)C(O)C2)cc1. The van der Waals surface area contributed by atoms with E-state index >= 15 is 0 Å². The second kappa shape index (κ2) is 7.50. The van der Waals surface area contributed by atoms with Crippen LogP contribution in [0.3, 0.4) is 0 Å². The van der Waals surface area contributed by atoms with Crippen molar-refractivity contribution in [3.63, 3.8) is 0 Å². The third-order valence-corrected chi connectivity index (χ3v) is 3.81. The molecule has 112 valence electrons. The number of β-amino-alcohol motifs (C(OH)–C–C–N with tert-alkyl or cyclic N) is 1. The highest BCUT2D eigenvalue weighted by Crippen LogP contribution is 2.19. The van der Waals surface area contributed by atoms with E-state index in [0.29, 0.717) is 19.1 Å². The zero-order chi connectivity index (χ0) is 14.4. The fourth-order valence-corrected chi connectivity index (χ4v) is 2.41. The van der Waals surface area contributed by atoms with Crippen LogP contribution in [-0.4, -0.2) is 49.0 Å². The van der Waals surface area contributed by atoms with Gasteiger partial charge in [0, 0.05) is 13.1 Å². The van der Waals surface area contributed by atoms with Crippen molar-refractivity contribution in [1.82, 2.24) is 4.90 Å². The van der Waals surface area contributed by atoms with E-state index in [1.807, 2.05) is 31.2 Å². The predicted molar refractivity (Wildman–Crippen MR) is 79.3 cm³/mol. The van der Waals surface area contributed by atoms with Gasteiger partial charge in [-0.2, -0.15) is 0 Å². The van der Waals surface area contributed by atoms with E-state index in [-0.39, 0.29) is 6.10 Å². The molecule has 1 aromatic carbocycles. The van der Waals surface area contributed by atoms with Gasteiger partial charge in [-0.3, -0.25) is 4.90 Å². The molecular weight excluding hydrogens is 254 g/mol. The van der Waals surface area contributed by atoms with Gasteiger partial charge < -0.3 is 14.6 Å². The number of ether oxygens (including phenoxy) is 2. The Labute approximate surface area is 121 Å². The third kappa shape index (κ3) is 4.39. The first-order chi connectivity index (χ1) is 9.69. The van der Waals surface area contributed by atoms with Crippen LogP contribution < -0.4 is 9.47 Å². The second-order valence-electron chi connectivity index (χ2n) is 5.39. The van der Waals surface area contributed by atoms with Gasteiger partial charge in [0.15, 0.2) is 0 Å². The minimum Gasteiger partial charge on any atom is -0.494 e. The number of nitrogens with zero attached hydrogens (tertiary/aromatic N) is 1. The maximum absolute atomic E-state index is 9.85. The Hall–Kier alpha value is -1.26. The maximum Gasteiger partial charge on any atom is 0.119 e. The molecule has 2 unspecified atom stereocenters. The van der Waals surface area contributed by atoms with E-state index in [0.717, 1.165) is 37.6 Å². The lowest BCUT2D eigenvalue weighted by Crippen LogP contribution is -2.44. The van der Waals surface area contributed by atoms with Crippen LogP contribution in [0.2, 0.25) is 0 Å². The molecule has 0 bridgehead atoms. The van der Waals surface area contributed by atoms with E-state index in [9.17, 15) is 5.11 Å². The molecule has 0 aromatic heterocycles. The first-order valence-corrected chi connectivity index (χ1v) is 7.45. The summed E-state index contributed by atoms with van der Waals surface area (Å²) in [6.45, 7) is 8.07. The summed E-state index contributed by atoms with van der Waals surface area (Å²) in [7, 11) is 0. The normalized spacial score (nSPS) is 23.6. The molecule has 1 heterocycles. The smallest absolute Gasteiger partial charge is 0.119 e. The molecular formula is C16H25NO3. The first-order valence-electron chi connectivity index (χ1n) is 7.45. The highest BCUT2D eigenvalue weighted by molar-refractivity contribution is 5.31. The van der Waals surface area contributed by atoms with Gasteiger partial charge in [0.1, 0.15) is 18.1 Å². The highest BCUT2D eigenvalue weighted by Gasteiger charge is 2.23. The Kier molecular flexibility index (Phi) is 5.68. The number of hydrogen-bond donors (Lipinski definition) is 1. The quantitative estimate of drug-likeness (QED) is 0.866. The van der Waals surface area contributed by atoms with Gasteiger partial charge in [0.25, 0.3) is 0 Å². The van der Waals surface area contributed by atoms with Gasteiger partial charge in [0.2, 0.25) is 0 Å². The Morgan fingerprint density at radius 3 is 2.45 bits per heavy atom. The lowest BCUT2D eigenvalue weighted by molar-refractivity contribution is 0.0244. The Bertz CT molecular complexity index is 393. The molecule has 0 aliphatic carbocycles. The Morgan fingerprint density at radius 2 is 1.85 bits per heavy atom. The summed E-state index contributed by atoms with van der Waals surface area (Å²) < 4.78 is 11.1. The summed E-state index contributed by atoms with van der Waals surface area (Å²) >= 11 is 0. The van der Waals surface area contributed by atoms with Crippen molar-refractivity contribution in [2.24, 2.45) is 5.92 Å². The van der Waals surface area contributed by atoms with E-state index in [1.54, 1.807) is 0 Å². The zero-order valence-electron chi connectivity index (χ0n) is 12.4. The minimum atomic E-state index is -0.200. The van der Waals surface area contributed by atoms with E-state index < -0.39 is 0 Å². The Morgan fingerprint density at radius 1 is 1.20 bits per heavy atom. The summed E-state index contributed by atoms with van der Waals surface area (Å²) in [6.07, 6.45) is 0.860. The van der Waals surface area contributed by atoms with Crippen LogP contribution >= 0.6 is 0 Å². The topological polar surface area (TPSA) is 41.9 Å². The highest BCUT2D eigenvalue weighted by atomic mass is 16.5. The maximum atomic E-state index is 9.85. The molecule has 1 N–H and O–H groups in total. The van der Waals surface area contributed by atoms with Crippen molar-refractivity contribution in [1.29, 1.82) is 0 Å². The van der Waals surface area contributed by atoms with Crippen molar-refractivity contribution in [3.8, 4) is 11.5 Å². The zero-order valence-corrected chi connectivity index (χ0v) is 12.4. The van der Waals surface area contributed by atoms with Crippen LogP contribution in [-0.2, 0) is 0 Å². The minimum absolute atomic E-state index is 0.200. The molecule has 0 amide bonds. The van der Waals surface area contributed by atoms with Gasteiger partial charge in [-0.25, -0.2) is 0 Å². The number of rotatable bonds is 6. The second-order valence-corrected chi connectivity index (χ2v) is 5.39. The predicted octanol–water partition coefficient (Wildman–Crippen LogP) is 2.17. The summed E-state index contributed by atoms with van der Waals surface area (Å²) in [5, 5.41) is 9.85. The van der Waals surface area contributed by atoms with Gasteiger partial charge in [-0.15, -0.1) is 0 Å². The van der Waals surface area contributed by atoms with E-state index in [2.05, 4.69) is 11.8 Å². The van der Waals surface area contributed by atoms with Crippen molar-refractivity contribution in [2.75, 3.05) is 32.8 Å². The molecule has 0 radical (unpaired) electrons. The number of aliphatic hydroxyl groups excluding tert-OH is 1. The largest absolute Gasteiger partial charge is 0.494 e. The summed E-state index contributed by atoms with van der Waals surface area (Å²) in [6, 6.07) is 7.70. The molecule has 1 fully saturated rings. The number of piperidine rings is 1. The molecule has 0 spiro atoms. The molecule has 1 aromatic rings. The van der Waals surface area contributed by atoms with Crippen molar-refractivity contribution < 1.29 is 14.6 Å². The average molecular weight is 279 g/mol. The van der Waals surface area contributed by atoms with Crippen LogP contribution in [0.25, 0.3) is 0 Å².